The van der Waals surface area contributed by atoms with E-state index in [2.05, 4.69) is 5.32 Å². The summed E-state index contributed by atoms with van der Waals surface area (Å²) in [7, 11) is 1.94. The number of thioether (sulfide) groups is 1. The number of halogens is 2. The molecule has 0 aliphatic carbocycles. The molecule has 0 heterocycles. The highest BCUT2D eigenvalue weighted by atomic mass is 35.5. The lowest BCUT2D eigenvalue weighted by atomic mass is 10.1. The predicted molar refractivity (Wildman–Crippen MR) is 105 cm³/mol. The second-order valence-electron chi connectivity index (χ2n) is 5.37. The van der Waals surface area contributed by atoms with Crippen molar-refractivity contribution < 1.29 is 4.39 Å². The highest BCUT2D eigenvalue weighted by molar-refractivity contribution is 7.99. The van der Waals surface area contributed by atoms with E-state index in [0.29, 0.717) is 5.11 Å². The van der Waals surface area contributed by atoms with Crippen molar-refractivity contribution in [2.45, 2.75) is 17.9 Å². The van der Waals surface area contributed by atoms with Crippen LogP contribution in [-0.4, -0.2) is 29.4 Å². The SMILES string of the molecule is CC(c1ccc(F)cc1)N(C)C(=S)NCCSc1ccc(Cl)cc1. The standard InChI is InChI=1S/C18H20ClFN2S2/c1-13(14-3-7-16(20)8-4-14)22(2)18(23)21-11-12-24-17-9-5-15(19)6-10-17/h3-10,13H,11-12H2,1-2H3,(H,21,23). The molecule has 2 nitrogen and oxygen atoms in total. The zero-order valence-corrected chi connectivity index (χ0v) is 16.0. The molecule has 2 rings (SSSR count). The fraction of sp³-hybridized carbons (Fsp3) is 0.278. The van der Waals surface area contributed by atoms with Crippen LogP contribution in [0.1, 0.15) is 18.5 Å². The summed E-state index contributed by atoms with van der Waals surface area (Å²) >= 11 is 13.1. The van der Waals surface area contributed by atoms with Gasteiger partial charge in [0.1, 0.15) is 5.82 Å². The van der Waals surface area contributed by atoms with Gasteiger partial charge in [0.2, 0.25) is 0 Å². The van der Waals surface area contributed by atoms with Crippen LogP contribution in [0.3, 0.4) is 0 Å². The maximum atomic E-state index is 13.0. The first-order valence-electron chi connectivity index (χ1n) is 7.62. The number of thiocarbonyl (C=S) groups is 1. The maximum Gasteiger partial charge on any atom is 0.169 e. The van der Waals surface area contributed by atoms with E-state index in [1.165, 1.54) is 17.0 Å². The fourth-order valence-electron chi connectivity index (χ4n) is 2.12. The highest BCUT2D eigenvalue weighted by Crippen LogP contribution is 2.21. The van der Waals surface area contributed by atoms with Gasteiger partial charge in [-0.05, 0) is 61.1 Å². The molecule has 128 valence electrons. The Balaban J connectivity index is 1.76. The van der Waals surface area contributed by atoms with Crippen LogP contribution < -0.4 is 5.32 Å². The molecule has 0 saturated carbocycles. The summed E-state index contributed by atoms with van der Waals surface area (Å²) in [6.45, 7) is 2.82. The minimum Gasteiger partial charge on any atom is -0.362 e. The average Bonchev–Trinajstić information content (AvgIpc) is 2.59. The molecule has 0 saturated heterocycles. The van der Waals surface area contributed by atoms with Crippen molar-refractivity contribution in [3.63, 3.8) is 0 Å². The Kier molecular flexibility index (Phi) is 7.34. The monoisotopic (exact) mass is 382 g/mol. The van der Waals surface area contributed by atoms with Gasteiger partial charge in [0.15, 0.2) is 5.11 Å². The van der Waals surface area contributed by atoms with Gasteiger partial charge in [-0.3, -0.25) is 0 Å². The Morgan fingerprint density at radius 2 is 1.83 bits per heavy atom. The number of nitrogens with one attached hydrogen (secondary N) is 1. The molecule has 0 amide bonds. The number of rotatable bonds is 6. The van der Waals surface area contributed by atoms with Gasteiger partial charge in [-0.1, -0.05) is 23.7 Å². The molecule has 0 aliphatic heterocycles. The first-order valence-corrected chi connectivity index (χ1v) is 9.39. The van der Waals surface area contributed by atoms with E-state index in [1.807, 2.05) is 43.1 Å². The summed E-state index contributed by atoms with van der Waals surface area (Å²) in [6, 6.07) is 14.4. The Morgan fingerprint density at radius 3 is 2.46 bits per heavy atom. The molecule has 24 heavy (non-hydrogen) atoms. The number of hydrogen-bond donors (Lipinski definition) is 1. The van der Waals surface area contributed by atoms with Crippen molar-refractivity contribution in [2.24, 2.45) is 0 Å². The molecular formula is C18H20ClFN2S2. The zero-order valence-electron chi connectivity index (χ0n) is 13.6. The second kappa shape index (κ2) is 9.25. The molecule has 0 spiro atoms. The fourth-order valence-corrected chi connectivity index (χ4v) is 3.28. The Bertz CT molecular complexity index is 662. The van der Waals surface area contributed by atoms with Crippen LogP contribution in [0.4, 0.5) is 4.39 Å². The average molecular weight is 383 g/mol. The smallest absolute Gasteiger partial charge is 0.169 e. The van der Waals surface area contributed by atoms with Crippen molar-refractivity contribution in [2.75, 3.05) is 19.3 Å². The second-order valence-corrected chi connectivity index (χ2v) is 7.36. The van der Waals surface area contributed by atoms with Crippen molar-refractivity contribution in [1.29, 1.82) is 0 Å². The Morgan fingerprint density at radius 1 is 1.21 bits per heavy atom. The summed E-state index contributed by atoms with van der Waals surface area (Å²) in [5, 5.41) is 4.69. The van der Waals surface area contributed by atoms with E-state index in [9.17, 15) is 4.39 Å². The molecule has 1 atom stereocenters. The summed E-state index contributed by atoms with van der Waals surface area (Å²) in [5.74, 6) is 0.675. The highest BCUT2D eigenvalue weighted by Gasteiger charge is 2.14. The quantitative estimate of drug-likeness (QED) is 0.422. The largest absolute Gasteiger partial charge is 0.362 e. The van der Waals surface area contributed by atoms with E-state index >= 15 is 0 Å². The van der Waals surface area contributed by atoms with Crippen LogP contribution >= 0.6 is 35.6 Å². The van der Waals surface area contributed by atoms with Gasteiger partial charge in [-0.25, -0.2) is 4.39 Å². The van der Waals surface area contributed by atoms with Gasteiger partial charge in [-0.15, -0.1) is 11.8 Å². The van der Waals surface area contributed by atoms with Gasteiger partial charge in [0, 0.05) is 29.3 Å². The third kappa shape index (κ3) is 5.65. The zero-order chi connectivity index (χ0) is 17.5. The van der Waals surface area contributed by atoms with Gasteiger partial charge in [-0.2, -0.15) is 0 Å². The minimum absolute atomic E-state index is 0.0783. The van der Waals surface area contributed by atoms with E-state index in [-0.39, 0.29) is 11.9 Å². The van der Waals surface area contributed by atoms with Crippen LogP contribution in [0.2, 0.25) is 5.02 Å². The molecule has 0 fully saturated rings. The number of hydrogen-bond acceptors (Lipinski definition) is 2. The Labute approximate surface area is 157 Å². The molecular weight excluding hydrogens is 363 g/mol. The van der Waals surface area contributed by atoms with Crippen LogP contribution in [-0.2, 0) is 0 Å². The Hall–Kier alpha value is -1.30. The van der Waals surface area contributed by atoms with Crippen LogP contribution in [0.25, 0.3) is 0 Å². The topological polar surface area (TPSA) is 15.3 Å². The van der Waals surface area contributed by atoms with Crippen LogP contribution in [0, 0.1) is 5.82 Å². The summed E-state index contributed by atoms with van der Waals surface area (Å²) in [5.41, 5.74) is 1.03. The van der Waals surface area contributed by atoms with Crippen LogP contribution in [0.15, 0.2) is 53.4 Å². The van der Waals surface area contributed by atoms with Crippen LogP contribution in [0.5, 0.6) is 0 Å². The first kappa shape index (κ1) is 19.0. The van der Waals surface area contributed by atoms with Crippen molar-refractivity contribution in [3.8, 4) is 0 Å². The van der Waals surface area contributed by atoms with Gasteiger partial charge in [0.05, 0.1) is 6.04 Å². The van der Waals surface area contributed by atoms with Crippen molar-refractivity contribution >= 4 is 40.7 Å². The minimum atomic E-state index is -0.228. The lowest BCUT2D eigenvalue weighted by Gasteiger charge is -2.28. The molecule has 2 aromatic rings. The molecule has 1 N–H and O–H groups in total. The molecule has 6 heteroatoms. The molecule has 0 radical (unpaired) electrons. The summed E-state index contributed by atoms with van der Waals surface area (Å²) in [6.07, 6.45) is 0. The third-order valence-electron chi connectivity index (χ3n) is 3.71. The molecule has 0 bridgehead atoms. The maximum absolute atomic E-state index is 13.0. The lowest BCUT2D eigenvalue weighted by molar-refractivity contribution is 0.396. The van der Waals surface area contributed by atoms with Crippen molar-refractivity contribution in [1.82, 2.24) is 10.2 Å². The normalized spacial score (nSPS) is 11.8. The number of benzene rings is 2. The third-order valence-corrected chi connectivity index (χ3v) is 5.41. The lowest BCUT2D eigenvalue weighted by Crippen LogP contribution is -2.39. The molecule has 1 unspecified atom stereocenters. The van der Waals surface area contributed by atoms with E-state index in [1.54, 1.807) is 23.9 Å². The molecule has 0 aromatic heterocycles. The first-order chi connectivity index (χ1) is 11.5. The van der Waals surface area contributed by atoms with Gasteiger partial charge in [0.25, 0.3) is 0 Å². The van der Waals surface area contributed by atoms with E-state index in [4.69, 9.17) is 23.8 Å². The van der Waals surface area contributed by atoms with Crippen molar-refractivity contribution in [3.05, 3.63) is 64.9 Å². The summed E-state index contributed by atoms with van der Waals surface area (Å²) < 4.78 is 13.0. The molecule has 0 aliphatic rings. The van der Waals surface area contributed by atoms with E-state index < -0.39 is 0 Å². The molecule has 2 aromatic carbocycles. The predicted octanol–water partition coefficient (Wildman–Crippen LogP) is 5.14. The van der Waals surface area contributed by atoms with E-state index in [0.717, 1.165) is 22.9 Å². The van der Waals surface area contributed by atoms with Gasteiger partial charge < -0.3 is 10.2 Å². The van der Waals surface area contributed by atoms with Gasteiger partial charge >= 0.3 is 0 Å². The number of nitrogens with zero attached hydrogens (tertiary/aromatic N) is 1. The summed E-state index contributed by atoms with van der Waals surface area (Å²) in [4.78, 5) is 3.16.